The first-order valence-corrected chi connectivity index (χ1v) is 11.2. The van der Waals surface area contributed by atoms with Crippen molar-refractivity contribution < 1.29 is 16.8 Å². The minimum Gasteiger partial charge on any atom is -0.330 e. The van der Waals surface area contributed by atoms with Gasteiger partial charge in [-0.3, -0.25) is 4.72 Å². The molecule has 24 heavy (non-hydrogen) atoms. The summed E-state index contributed by atoms with van der Waals surface area (Å²) in [5.41, 5.74) is 5.97. The minimum atomic E-state index is -3.56. The fourth-order valence-corrected chi connectivity index (χ4v) is 5.41. The number of hydrogen-bond donors (Lipinski definition) is 2. The molecule has 1 aliphatic heterocycles. The van der Waals surface area contributed by atoms with Gasteiger partial charge in [0.1, 0.15) is 0 Å². The molecule has 2 rings (SSSR count). The third-order valence-electron chi connectivity index (χ3n) is 4.11. The summed E-state index contributed by atoms with van der Waals surface area (Å²) in [5.74, 6) is 0.252. The van der Waals surface area contributed by atoms with E-state index < -0.39 is 20.0 Å². The zero-order chi connectivity index (χ0) is 17.8. The van der Waals surface area contributed by atoms with Gasteiger partial charge in [-0.1, -0.05) is 13.3 Å². The van der Waals surface area contributed by atoms with Crippen molar-refractivity contribution in [3.05, 3.63) is 24.3 Å². The number of nitrogens with two attached hydrogens (primary N) is 1. The molecule has 136 valence electrons. The van der Waals surface area contributed by atoms with Crippen LogP contribution in [0.15, 0.2) is 29.2 Å². The predicted molar refractivity (Wildman–Crippen MR) is 94.7 cm³/mol. The van der Waals surface area contributed by atoms with E-state index in [4.69, 9.17) is 5.73 Å². The predicted octanol–water partition coefficient (Wildman–Crippen LogP) is 1.20. The van der Waals surface area contributed by atoms with Crippen molar-refractivity contribution >= 4 is 25.7 Å². The molecular formula is C15H25N3O4S2. The molecular weight excluding hydrogens is 350 g/mol. The summed E-state index contributed by atoms with van der Waals surface area (Å²) in [5, 5.41) is 0. The number of anilines is 1. The molecule has 0 aliphatic carbocycles. The lowest BCUT2D eigenvalue weighted by molar-refractivity contribution is 0.459. The van der Waals surface area contributed by atoms with Gasteiger partial charge in [-0.25, -0.2) is 16.8 Å². The highest BCUT2D eigenvalue weighted by Gasteiger charge is 2.31. The van der Waals surface area contributed by atoms with Crippen LogP contribution in [0.3, 0.4) is 0 Å². The van der Waals surface area contributed by atoms with Crippen LogP contribution in [0.4, 0.5) is 5.69 Å². The van der Waals surface area contributed by atoms with Crippen LogP contribution in [0.25, 0.3) is 0 Å². The normalized spacial score (nSPS) is 19.5. The van der Waals surface area contributed by atoms with Crippen molar-refractivity contribution in [2.75, 3.05) is 30.1 Å². The molecule has 3 N–H and O–H groups in total. The van der Waals surface area contributed by atoms with Crippen LogP contribution >= 0.6 is 0 Å². The molecule has 1 unspecified atom stereocenters. The smallest absolute Gasteiger partial charge is 0.243 e. The van der Waals surface area contributed by atoms with Crippen molar-refractivity contribution in [1.82, 2.24) is 4.31 Å². The third kappa shape index (κ3) is 4.69. The first-order chi connectivity index (χ1) is 11.3. The van der Waals surface area contributed by atoms with Crippen molar-refractivity contribution in [2.24, 2.45) is 11.7 Å². The molecule has 1 aromatic carbocycles. The van der Waals surface area contributed by atoms with E-state index in [-0.39, 0.29) is 16.6 Å². The Labute approximate surface area is 144 Å². The Morgan fingerprint density at radius 1 is 1.21 bits per heavy atom. The molecule has 1 aliphatic rings. The molecule has 0 radical (unpaired) electrons. The second-order valence-electron chi connectivity index (χ2n) is 6.05. The molecule has 0 amide bonds. The summed E-state index contributed by atoms with van der Waals surface area (Å²) >= 11 is 0. The van der Waals surface area contributed by atoms with Gasteiger partial charge in [0, 0.05) is 18.8 Å². The van der Waals surface area contributed by atoms with Gasteiger partial charge in [0.15, 0.2) is 0 Å². The third-order valence-corrected chi connectivity index (χ3v) is 7.37. The minimum absolute atomic E-state index is 0.0534. The highest BCUT2D eigenvalue weighted by Crippen LogP contribution is 2.25. The molecule has 1 atom stereocenters. The molecule has 7 nitrogen and oxygen atoms in total. The Bertz CT molecular complexity index is 745. The van der Waals surface area contributed by atoms with E-state index >= 15 is 0 Å². The number of hydrogen-bond acceptors (Lipinski definition) is 5. The first kappa shape index (κ1) is 19.2. The maximum atomic E-state index is 12.6. The first-order valence-electron chi connectivity index (χ1n) is 8.09. The number of unbranched alkanes of at least 4 members (excludes halogenated alkanes) is 1. The summed E-state index contributed by atoms with van der Waals surface area (Å²) in [7, 11) is -6.95. The Morgan fingerprint density at radius 2 is 1.88 bits per heavy atom. The van der Waals surface area contributed by atoms with Gasteiger partial charge in [-0.2, -0.15) is 4.31 Å². The summed E-state index contributed by atoms with van der Waals surface area (Å²) in [4.78, 5) is 0.164. The standard InChI is InChI=1S/C15H25N3O4S2/c1-2-3-10-23(19,20)17-14-4-6-15(7-5-14)24(21,22)18-9-8-13(11-16)12-18/h4-7,13,17H,2-3,8-12,16H2,1H3. The van der Waals surface area contributed by atoms with Crippen LogP contribution in [0, 0.1) is 5.92 Å². The van der Waals surface area contributed by atoms with Crippen LogP contribution in [0.5, 0.6) is 0 Å². The molecule has 0 saturated carbocycles. The van der Waals surface area contributed by atoms with Crippen molar-refractivity contribution in [1.29, 1.82) is 0 Å². The zero-order valence-electron chi connectivity index (χ0n) is 13.8. The lowest BCUT2D eigenvalue weighted by atomic mass is 10.1. The van der Waals surface area contributed by atoms with E-state index in [0.717, 1.165) is 12.8 Å². The number of benzene rings is 1. The molecule has 0 aromatic heterocycles. The monoisotopic (exact) mass is 375 g/mol. The molecule has 1 aromatic rings. The fraction of sp³-hybridized carbons (Fsp3) is 0.600. The van der Waals surface area contributed by atoms with Crippen molar-refractivity contribution in [3.8, 4) is 0 Å². The van der Waals surface area contributed by atoms with Crippen LogP contribution in [-0.4, -0.2) is 46.5 Å². The van der Waals surface area contributed by atoms with Crippen LogP contribution in [0.2, 0.25) is 0 Å². The maximum Gasteiger partial charge on any atom is 0.243 e. The van der Waals surface area contributed by atoms with Crippen LogP contribution in [0.1, 0.15) is 26.2 Å². The summed E-state index contributed by atoms with van der Waals surface area (Å²) in [6.45, 7) is 3.30. The largest absolute Gasteiger partial charge is 0.330 e. The van der Waals surface area contributed by atoms with Crippen molar-refractivity contribution in [2.45, 2.75) is 31.1 Å². The average Bonchev–Trinajstić information content (AvgIpc) is 3.03. The SMILES string of the molecule is CCCCS(=O)(=O)Nc1ccc(S(=O)(=O)N2CCC(CN)C2)cc1. The van der Waals surface area contributed by atoms with Gasteiger partial charge >= 0.3 is 0 Å². The Hall–Kier alpha value is -1.16. The van der Waals surface area contributed by atoms with E-state index in [1.165, 1.54) is 28.6 Å². The molecule has 1 saturated heterocycles. The Kier molecular flexibility index (Phi) is 6.24. The van der Waals surface area contributed by atoms with Gasteiger partial charge in [0.2, 0.25) is 20.0 Å². The van der Waals surface area contributed by atoms with E-state index in [1.807, 2.05) is 6.92 Å². The summed E-state index contributed by atoms with van der Waals surface area (Å²) in [6.07, 6.45) is 2.14. The van der Waals surface area contributed by atoms with E-state index in [2.05, 4.69) is 4.72 Å². The molecule has 0 spiro atoms. The molecule has 9 heteroatoms. The maximum absolute atomic E-state index is 12.6. The van der Waals surface area contributed by atoms with Crippen LogP contribution in [-0.2, 0) is 20.0 Å². The quantitative estimate of drug-likeness (QED) is 0.709. The average molecular weight is 376 g/mol. The van der Waals surface area contributed by atoms with E-state index in [0.29, 0.717) is 31.7 Å². The number of sulfonamides is 2. The summed E-state index contributed by atoms with van der Waals surface area (Å²) < 4.78 is 52.8. The van der Waals surface area contributed by atoms with Gasteiger partial charge < -0.3 is 5.73 Å². The van der Waals surface area contributed by atoms with Gasteiger partial charge in [0.25, 0.3) is 0 Å². The second-order valence-corrected chi connectivity index (χ2v) is 9.83. The fourth-order valence-electron chi connectivity index (χ4n) is 2.62. The molecule has 0 bridgehead atoms. The highest BCUT2D eigenvalue weighted by atomic mass is 32.2. The second kappa shape index (κ2) is 7.81. The Balaban J connectivity index is 2.09. The zero-order valence-corrected chi connectivity index (χ0v) is 15.4. The van der Waals surface area contributed by atoms with Gasteiger partial charge in [0.05, 0.1) is 10.6 Å². The number of nitrogens with zero attached hydrogens (tertiary/aromatic N) is 1. The van der Waals surface area contributed by atoms with Gasteiger partial charge in [-0.15, -0.1) is 0 Å². The molecule has 1 fully saturated rings. The van der Waals surface area contributed by atoms with Crippen LogP contribution < -0.4 is 10.5 Å². The highest BCUT2D eigenvalue weighted by molar-refractivity contribution is 7.92. The Morgan fingerprint density at radius 3 is 2.42 bits per heavy atom. The summed E-state index contributed by atoms with van der Waals surface area (Å²) in [6, 6.07) is 5.82. The lowest BCUT2D eigenvalue weighted by Crippen LogP contribution is -2.30. The molecule has 1 heterocycles. The van der Waals surface area contributed by atoms with E-state index in [1.54, 1.807) is 0 Å². The lowest BCUT2D eigenvalue weighted by Gasteiger charge is -2.16. The number of nitrogens with one attached hydrogen (secondary N) is 1. The van der Waals surface area contributed by atoms with E-state index in [9.17, 15) is 16.8 Å². The topological polar surface area (TPSA) is 110 Å². The number of rotatable bonds is 8. The van der Waals surface area contributed by atoms with Gasteiger partial charge in [-0.05, 0) is 49.6 Å². The van der Waals surface area contributed by atoms with Crippen molar-refractivity contribution in [3.63, 3.8) is 0 Å².